The van der Waals surface area contributed by atoms with Gasteiger partial charge in [-0.25, -0.2) is 24.9 Å². The molecule has 6 nitrogen and oxygen atoms in total. The molecule has 3 aromatic heterocycles. The summed E-state index contributed by atoms with van der Waals surface area (Å²) in [6.07, 6.45) is 0. The van der Waals surface area contributed by atoms with E-state index in [0.29, 0.717) is 23.3 Å². The number of nitrogens with zero attached hydrogens (tertiary/aromatic N) is 5. The Bertz CT molecular complexity index is 2830. The average molecular weight is 706 g/mol. The van der Waals surface area contributed by atoms with E-state index in [9.17, 15) is 0 Å². The van der Waals surface area contributed by atoms with Gasteiger partial charge in [0.05, 0.1) is 11.4 Å². The largest absolute Gasteiger partial charge is 0.456 e. The molecule has 0 amide bonds. The van der Waals surface area contributed by atoms with E-state index in [0.717, 1.165) is 77.8 Å². The molecule has 0 atom stereocenters. The zero-order chi connectivity index (χ0) is 36.6. The number of benzene rings is 7. The van der Waals surface area contributed by atoms with Gasteiger partial charge in [-0.05, 0) is 41.5 Å². The summed E-state index contributed by atoms with van der Waals surface area (Å²) in [6, 6.07) is 63.4. The molecule has 0 saturated carbocycles. The Kier molecular flexibility index (Phi) is 8.04. The smallest absolute Gasteiger partial charge is 0.164 e. The topological polar surface area (TPSA) is 77.6 Å². The fourth-order valence-corrected chi connectivity index (χ4v) is 7.03. The van der Waals surface area contributed by atoms with E-state index in [-0.39, 0.29) is 0 Å². The maximum absolute atomic E-state index is 6.42. The first-order valence-corrected chi connectivity index (χ1v) is 18.2. The summed E-state index contributed by atoms with van der Waals surface area (Å²) in [4.78, 5) is 24.9. The second kappa shape index (κ2) is 13.8. The second-order valence-electron chi connectivity index (χ2n) is 13.3. The van der Waals surface area contributed by atoms with Gasteiger partial charge in [-0.3, -0.25) is 0 Å². The van der Waals surface area contributed by atoms with Crippen LogP contribution in [0.25, 0.3) is 101 Å². The van der Waals surface area contributed by atoms with Gasteiger partial charge in [-0.1, -0.05) is 158 Å². The number of fused-ring (bicyclic) bond motifs is 3. The molecular formula is C49H31N5O. The van der Waals surface area contributed by atoms with Crippen molar-refractivity contribution in [2.45, 2.75) is 0 Å². The normalized spacial score (nSPS) is 11.3. The number of rotatable bonds is 7. The van der Waals surface area contributed by atoms with Crippen LogP contribution in [0.15, 0.2) is 192 Å². The van der Waals surface area contributed by atoms with Crippen LogP contribution in [0, 0.1) is 0 Å². The molecule has 0 bridgehead atoms. The minimum absolute atomic E-state index is 0.596. The third-order valence-corrected chi connectivity index (χ3v) is 9.77. The highest BCUT2D eigenvalue weighted by molar-refractivity contribution is 6.13. The molecule has 0 saturated heterocycles. The highest BCUT2D eigenvalue weighted by atomic mass is 16.3. The first-order valence-electron chi connectivity index (χ1n) is 18.2. The number of hydrogen-bond acceptors (Lipinski definition) is 6. The van der Waals surface area contributed by atoms with Gasteiger partial charge in [-0.2, -0.15) is 0 Å². The fourth-order valence-electron chi connectivity index (χ4n) is 7.03. The molecule has 0 N–H and O–H groups in total. The maximum atomic E-state index is 6.42. The summed E-state index contributed by atoms with van der Waals surface area (Å²) in [5.74, 6) is 2.51. The molecular weight excluding hydrogens is 675 g/mol. The Hall–Kier alpha value is -7.57. The van der Waals surface area contributed by atoms with Crippen molar-refractivity contribution in [3.63, 3.8) is 0 Å². The number of hydrogen-bond donors (Lipinski definition) is 0. The monoisotopic (exact) mass is 705 g/mol. The summed E-state index contributed by atoms with van der Waals surface area (Å²) in [7, 11) is 0. The Morgan fingerprint density at radius 1 is 0.291 bits per heavy atom. The number of furan rings is 1. The van der Waals surface area contributed by atoms with Crippen LogP contribution in [0.3, 0.4) is 0 Å². The zero-order valence-electron chi connectivity index (χ0n) is 29.5. The van der Waals surface area contributed by atoms with Crippen LogP contribution in [0.1, 0.15) is 0 Å². The molecule has 7 aromatic carbocycles. The minimum atomic E-state index is 0.596. The zero-order valence-corrected chi connectivity index (χ0v) is 29.5. The van der Waals surface area contributed by atoms with Crippen molar-refractivity contribution < 1.29 is 4.42 Å². The van der Waals surface area contributed by atoms with E-state index < -0.39 is 0 Å². The summed E-state index contributed by atoms with van der Waals surface area (Å²) < 4.78 is 6.42. The van der Waals surface area contributed by atoms with Crippen LogP contribution in [-0.2, 0) is 0 Å². The van der Waals surface area contributed by atoms with Crippen LogP contribution in [0.5, 0.6) is 0 Å². The standard InChI is InChI=1S/C49H31N5O/c1-5-14-33(15-6-1)41-31-42(34-16-7-2-8-17-34)51-46(50-41)37-26-24-32(25-27-37)39-22-13-23-44-45(39)40-30-38(28-29-43(40)55-44)49-53-47(35-18-9-3-10-19-35)52-48(54-49)36-20-11-4-12-21-36/h1-31H. The number of aromatic nitrogens is 5. The molecule has 0 spiro atoms. The van der Waals surface area contributed by atoms with E-state index in [1.54, 1.807) is 0 Å². The highest BCUT2D eigenvalue weighted by Crippen LogP contribution is 2.39. The summed E-state index contributed by atoms with van der Waals surface area (Å²) in [5, 5.41) is 2.02. The highest BCUT2D eigenvalue weighted by Gasteiger charge is 2.17. The lowest BCUT2D eigenvalue weighted by Gasteiger charge is -2.10. The minimum Gasteiger partial charge on any atom is -0.456 e. The lowest BCUT2D eigenvalue weighted by molar-refractivity contribution is 0.669. The molecule has 10 rings (SSSR count). The van der Waals surface area contributed by atoms with Crippen molar-refractivity contribution in [3.8, 4) is 79.2 Å². The molecule has 0 aliphatic heterocycles. The second-order valence-corrected chi connectivity index (χ2v) is 13.3. The summed E-state index contributed by atoms with van der Waals surface area (Å²) in [5.41, 5.74) is 11.2. The van der Waals surface area contributed by atoms with Gasteiger partial charge in [0, 0.05) is 44.2 Å². The third kappa shape index (κ3) is 6.22. The van der Waals surface area contributed by atoms with Gasteiger partial charge in [0.25, 0.3) is 0 Å². The van der Waals surface area contributed by atoms with E-state index in [4.69, 9.17) is 29.3 Å². The maximum Gasteiger partial charge on any atom is 0.164 e. The van der Waals surface area contributed by atoms with Crippen LogP contribution < -0.4 is 0 Å². The Morgan fingerprint density at radius 2 is 0.727 bits per heavy atom. The molecule has 258 valence electrons. The summed E-state index contributed by atoms with van der Waals surface area (Å²) >= 11 is 0. The predicted molar refractivity (Wildman–Crippen MR) is 221 cm³/mol. The lowest BCUT2D eigenvalue weighted by Crippen LogP contribution is -2.00. The van der Waals surface area contributed by atoms with E-state index in [1.165, 1.54) is 0 Å². The molecule has 3 heterocycles. The van der Waals surface area contributed by atoms with Crippen LogP contribution in [0.4, 0.5) is 0 Å². The molecule has 10 aromatic rings. The van der Waals surface area contributed by atoms with Crippen molar-refractivity contribution in [3.05, 3.63) is 188 Å². The first-order chi connectivity index (χ1) is 27.2. The van der Waals surface area contributed by atoms with Crippen molar-refractivity contribution >= 4 is 21.9 Å². The Balaban J connectivity index is 1.07. The molecule has 0 aliphatic carbocycles. The molecule has 0 radical (unpaired) electrons. The molecule has 0 aliphatic rings. The van der Waals surface area contributed by atoms with Crippen LogP contribution >= 0.6 is 0 Å². The van der Waals surface area contributed by atoms with E-state index in [2.05, 4.69) is 66.7 Å². The predicted octanol–water partition coefficient (Wildman–Crippen LogP) is 12.2. The van der Waals surface area contributed by atoms with E-state index in [1.807, 2.05) is 121 Å². The van der Waals surface area contributed by atoms with E-state index >= 15 is 0 Å². The van der Waals surface area contributed by atoms with Gasteiger partial charge in [0.1, 0.15) is 11.2 Å². The van der Waals surface area contributed by atoms with Crippen molar-refractivity contribution in [2.75, 3.05) is 0 Å². The fraction of sp³-hybridized carbons (Fsp3) is 0. The molecule has 55 heavy (non-hydrogen) atoms. The van der Waals surface area contributed by atoms with Crippen LogP contribution in [0.2, 0.25) is 0 Å². The summed E-state index contributed by atoms with van der Waals surface area (Å²) in [6.45, 7) is 0. The molecule has 0 fully saturated rings. The van der Waals surface area contributed by atoms with Gasteiger partial charge in [0.15, 0.2) is 23.3 Å². The average Bonchev–Trinajstić information content (AvgIpc) is 3.66. The van der Waals surface area contributed by atoms with Crippen LogP contribution in [-0.4, -0.2) is 24.9 Å². The van der Waals surface area contributed by atoms with Crippen molar-refractivity contribution in [2.24, 2.45) is 0 Å². The SMILES string of the molecule is c1ccc(-c2cc(-c3ccccc3)nc(-c3ccc(-c4cccc5oc6ccc(-c7nc(-c8ccccc8)nc(-c8ccccc8)n7)cc6c45)cc3)n2)cc1. The van der Waals surface area contributed by atoms with Gasteiger partial charge in [0.2, 0.25) is 0 Å². The van der Waals surface area contributed by atoms with Gasteiger partial charge in [-0.15, -0.1) is 0 Å². The lowest BCUT2D eigenvalue weighted by atomic mass is 9.97. The van der Waals surface area contributed by atoms with Crippen molar-refractivity contribution in [1.82, 2.24) is 24.9 Å². The molecule has 0 unspecified atom stereocenters. The molecule has 6 heteroatoms. The van der Waals surface area contributed by atoms with Crippen molar-refractivity contribution in [1.29, 1.82) is 0 Å². The quantitative estimate of drug-likeness (QED) is 0.164. The van der Waals surface area contributed by atoms with Gasteiger partial charge < -0.3 is 4.42 Å². The van der Waals surface area contributed by atoms with Gasteiger partial charge >= 0.3 is 0 Å². The Morgan fingerprint density at radius 3 is 1.27 bits per heavy atom. The Labute approximate surface area is 317 Å². The first kappa shape index (κ1) is 32.1. The third-order valence-electron chi connectivity index (χ3n) is 9.77.